The number of rotatable bonds is 4. The molecule has 0 fully saturated rings. The minimum absolute atomic E-state index is 0.0779. The number of halogens is 2. The maximum atomic E-state index is 13.4. The van der Waals surface area contributed by atoms with Crippen LogP contribution >= 0.6 is 15.9 Å². The quantitative estimate of drug-likeness (QED) is 0.914. The van der Waals surface area contributed by atoms with Gasteiger partial charge < -0.3 is 10.3 Å². The highest BCUT2D eigenvalue weighted by Crippen LogP contribution is 2.25. The van der Waals surface area contributed by atoms with Crippen molar-refractivity contribution in [2.24, 2.45) is 0 Å². The van der Waals surface area contributed by atoms with Gasteiger partial charge in [0.2, 0.25) is 5.95 Å². The molecule has 0 saturated heterocycles. The maximum absolute atomic E-state index is 13.4. The van der Waals surface area contributed by atoms with E-state index in [4.69, 9.17) is 5.73 Å². The van der Waals surface area contributed by atoms with Gasteiger partial charge in [-0.05, 0) is 28.4 Å². The number of nitrogens with two attached hydrogens (primary N) is 1. The predicted molar refractivity (Wildman–Crippen MR) is 76.1 cm³/mol. The van der Waals surface area contributed by atoms with Crippen LogP contribution in [0.4, 0.5) is 10.3 Å². The van der Waals surface area contributed by atoms with Crippen LogP contribution in [0, 0.1) is 5.82 Å². The van der Waals surface area contributed by atoms with E-state index in [1.54, 1.807) is 10.6 Å². The molecule has 0 aliphatic carbocycles. The van der Waals surface area contributed by atoms with Gasteiger partial charge in [0.1, 0.15) is 15.7 Å². The van der Waals surface area contributed by atoms with Crippen molar-refractivity contribution in [3.05, 3.63) is 22.4 Å². The minimum Gasteiger partial charge on any atom is -0.369 e. The number of anilines is 1. The maximum Gasteiger partial charge on any atom is 0.201 e. The number of hydrogen-bond donors (Lipinski definition) is 1. The summed E-state index contributed by atoms with van der Waals surface area (Å²) in [7, 11) is -3.00. The van der Waals surface area contributed by atoms with Crippen LogP contribution in [0.1, 0.15) is 6.42 Å². The molecule has 104 valence electrons. The number of hydrogen-bond acceptors (Lipinski definition) is 4. The Hall–Kier alpha value is -1.15. The van der Waals surface area contributed by atoms with Gasteiger partial charge in [-0.15, -0.1) is 0 Å². The van der Waals surface area contributed by atoms with Gasteiger partial charge in [-0.3, -0.25) is 0 Å². The Bertz CT molecular complexity index is 727. The fraction of sp³-hybridized carbons (Fsp3) is 0.364. The highest BCUT2D eigenvalue weighted by molar-refractivity contribution is 9.10. The molecule has 0 saturated carbocycles. The number of imidazole rings is 1. The number of sulfone groups is 1. The van der Waals surface area contributed by atoms with E-state index in [-0.39, 0.29) is 11.7 Å². The fourth-order valence-electron chi connectivity index (χ4n) is 1.86. The average Bonchev–Trinajstić information content (AvgIpc) is 2.55. The van der Waals surface area contributed by atoms with Crippen LogP contribution in [0.3, 0.4) is 0 Å². The normalized spacial score (nSPS) is 12.2. The highest BCUT2D eigenvalue weighted by atomic mass is 79.9. The predicted octanol–water partition coefficient (Wildman–Crippen LogP) is 1.95. The topological polar surface area (TPSA) is 78.0 Å². The van der Waals surface area contributed by atoms with Gasteiger partial charge in [-0.2, -0.15) is 0 Å². The summed E-state index contributed by atoms with van der Waals surface area (Å²) in [6.45, 7) is 0.424. The van der Waals surface area contributed by atoms with Crippen molar-refractivity contribution in [3.63, 3.8) is 0 Å². The fourth-order valence-corrected chi connectivity index (χ4v) is 2.84. The van der Waals surface area contributed by atoms with E-state index in [1.165, 1.54) is 12.3 Å². The Morgan fingerprint density at radius 3 is 2.79 bits per heavy atom. The van der Waals surface area contributed by atoms with Crippen molar-refractivity contribution >= 4 is 42.7 Å². The molecule has 1 aromatic carbocycles. The Labute approximate surface area is 118 Å². The SMILES string of the molecule is CS(=O)(=O)CCCn1c(N)nc2cc(F)c(Br)cc21. The number of benzene rings is 1. The Kier molecular flexibility index (Phi) is 3.82. The molecule has 8 heteroatoms. The second-order valence-electron chi connectivity index (χ2n) is 4.36. The van der Waals surface area contributed by atoms with Crippen LogP contribution in [0.25, 0.3) is 11.0 Å². The molecule has 0 unspecified atom stereocenters. The Morgan fingerprint density at radius 1 is 1.47 bits per heavy atom. The average molecular weight is 350 g/mol. The molecule has 0 spiro atoms. The molecule has 19 heavy (non-hydrogen) atoms. The van der Waals surface area contributed by atoms with Gasteiger partial charge in [0, 0.05) is 18.9 Å². The van der Waals surface area contributed by atoms with Crippen molar-refractivity contribution in [2.45, 2.75) is 13.0 Å². The van der Waals surface area contributed by atoms with E-state index in [2.05, 4.69) is 20.9 Å². The van der Waals surface area contributed by atoms with Gasteiger partial charge in [0.15, 0.2) is 0 Å². The van der Waals surface area contributed by atoms with Gasteiger partial charge >= 0.3 is 0 Å². The summed E-state index contributed by atoms with van der Waals surface area (Å²) in [4.78, 5) is 4.06. The lowest BCUT2D eigenvalue weighted by atomic mass is 10.3. The second-order valence-corrected chi connectivity index (χ2v) is 7.47. The van der Waals surface area contributed by atoms with E-state index in [0.29, 0.717) is 28.5 Å². The number of nitrogens with zero attached hydrogens (tertiary/aromatic N) is 2. The summed E-state index contributed by atoms with van der Waals surface area (Å²) < 4.78 is 37.6. The molecule has 2 N–H and O–H groups in total. The van der Waals surface area contributed by atoms with Crippen LogP contribution < -0.4 is 5.73 Å². The molecular weight excluding hydrogens is 337 g/mol. The highest BCUT2D eigenvalue weighted by Gasteiger charge is 2.12. The summed E-state index contributed by atoms with van der Waals surface area (Å²) in [5.41, 5.74) is 6.90. The molecule has 1 aromatic heterocycles. The number of aromatic nitrogens is 2. The smallest absolute Gasteiger partial charge is 0.201 e. The summed E-state index contributed by atoms with van der Waals surface area (Å²) in [6.07, 6.45) is 1.62. The Morgan fingerprint density at radius 2 is 2.16 bits per heavy atom. The van der Waals surface area contributed by atoms with Crippen molar-refractivity contribution in [1.82, 2.24) is 9.55 Å². The number of aryl methyl sites for hydroxylation is 1. The van der Waals surface area contributed by atoms with E-state index in [0.717, 1.165) is 0 Å². The van der Waals surface area contributed by atoms with Gasteiger partial charge in [0.05, 0.1) is 21.3 Å². The first-order valence-corrected chi connectivity index (χ1v) is 8.42. The third-order valence-corrected chi connectivity index (χ3v) is 4.35. The van der Waals surface area contributed by atoms with Crippen LogP contribution in [0.5, 0.6) is 0 Å². The monoisotopic (exact) mass is 349 g/mol. The van der Waals surface area contributed by atoms with Crippen LogP contribution in [0.2, 0.25) is 0 Å². The lowest BCUT2D eigenvalue weighted by molar-refractivity contribution is 0.594. The molecule has 2 aromatic rings. The number of fused-ring (bicyclic) bond motifs is 1. The molecule has 0 atom stereocenters. The second kappa shape index (κ2) is 5.09. The first kappa shape index (κ1) is 14.3. The first-order valence-electron chi connectivity index (χ1n) is 5.56. The van der Waals surface area contributed by atoms with E-state index >= 15 is 0 Å². The van der Waals surface area contributed by atoms with Crippen molar-refractivity contribution in [1.29, 1.82) is 0 Å². The number of nitrogen functional groups attached to an aromatic ring is 1. The zero-order valence-electron chi connectivity index (χ0n) is 10.2. The largest absolute Gasteiger partial charge is 0.369 e. The van der Waals surface area contributed by atoms with Crippen molar-refractivity contribution in [3.8, 4) is 0 Å². The molecule has 0 amide bonds. The molecule has 0 aliphatic rings. The van der Waals surface area contributed by atoms with Crippen molar-refractivity contribution < 1.29 is 12.8 Å². The zero-order valence-corrected chi connectivity index (χ0v) is 12.6. The zero-order chi connectivity index (χ0) is 14.2. The van der Waals surface area contributed by atoms with Gasteiger partial charge in [-0.25, -0.2) is 17.8 Å². The molecule has 2 rings (SSSR count). The van der Waals surface area contributed by atoms with E-state index < -0.39 is 15.7 Å². The van der Waals surface area contributed by atoms with Crippen molar-refractivity contribution in [2.75, 3.05) is 17.7 Å². The summed E-state index contributed by atoms with van der Waals surface area (Å²) in [6, 6.07) is 2.89. The van der Waals surface area contributed by atoms with Crippen LogP contribution in [-0.2, 0) is 16.4 Å². The lowest BCUT2D eigenvalue weighted by Crippen LogP contribution is -2.09. The van der Waals surface area contributed by atoms with E-state index in [1.807, 2.05) is 0 Å². The third kappa shape index (κ3) is 3.24. The van der Waals surface area contributed by atoms with Gasteiger partial charge in [0.25, 0.3) is 0 Å². The van der Waals surface area contributed by atoms with E-state index in [9.17, 15) is 12.8 Å². The van der Waals surface area contributed by atoms with Crippen LogP contribution in [0.15, 0.2) is 16.6 Å². The Balaban J connectivity index is 2.32. The summed E-state index contributed by atoms with van der Waals surface area (Å²) >= 11 is 3.11. The molecule has 0 aliphatic heterocycles. The summed E-state index contributed by atoms with van der Waals surface area (Å²) in [5.74, 6) is -0.0802. The third-order valence-electron chi connectivity index (χ3n) is 2.72. The first-order chi connectivity index (χ1) is 8.78. The standard InChI is InChI=1S/C11H13BrFN3O2S/c1-19(17,18)4-2-3-16-10-5-7(12)8(13)6-9(10)15-11(16)14/h5-6H,2-4H2,1H3,(H2,14,15). The molecule has 0 radical (unpaired) electrons. The molecule has 5 nitrogen and oxygen atoms in total. The molecule has 1 heterocycles. The molecule has 0 bridgehead atoms. The molecular formula is C11H13BrFN3O2S. The lowest BCUT2D eigenvalue weighted by Gasteiger charge is -2.06. The summed E-state index contributed by atoms with van der Waals surface area (Å²) in [5, 5.41) is 0. The minimum atomic E-state index is -3.00. The van der Waals surface area contributed by atoms with Crippen LogP contribution in [-0.4, -0.2) is 30.0 Å². The van der Waals surface area contributed by atoms with Gasteiger partial charge in [-0.1, -0.05) is 0 Å².